The SMILES string of the molecule is CCCC(Oc1ccc(OCC(=O)O)c(C)c1)c1cccc(Br)n1. The Morgan fingerprint density at radius 1 is 1.33 bits per heavy atom. The Balaban J connectivity index is 2.14. The topological polar surface area (TPSA) is 68.7 Å². The monoisotopic (exact) mass is 393 g/mol. The number of carboxylic acids is 1. The summed E-state index contributed by atoms with van der Waals surface area (Å²) in [6, 6.07) is 11.1. The van der Waals surface area contributed by atoms with E-state index in [4.69, 9.17) is 14.6 Å². The second kappa shape index (κ2) is 8.68. The van der Waals surface area contributed by atoms with Crippen molar-refractivity contribution < 1.29 is 19.4 Å². The smallest absolute Gasteiger partial charge is 0.341 e. The fourth-order valence-corrected chi connectivity index (χ4v) is 2.65. The summed E-state index contributed by atoms with van der Waals surface area (Å²) in [7, 11) is 0. The van der Waals surface area contributed by atoms with Gasteiger partial charge in [-0.05, 0) is 65.2 Å². The number of carbonyl (C=O) groups is 1. The Morgan fingerprint density at radius 3 is 2.75 bits per heavy atom. The van der Waals surface area contributed by atoms with E-state index in [0.717, 1.165) is 28.7 Å². The van der Waals surface area contributed by atoms with Crippen LogP contribution in [0.2, 0.25) is 0 Å². The minimum atomic E-state index is -1.00. The molecule has 2 aromatic rings. The highest BCUT2D eigenvalue weighted by atomic mass is 79.9. The maximum atomic E-state index is 10.6. The van der Waals surface area contributed by atoms with Crippen molar-refractivity contribution in [1.29, 1.82) is 0 Å². The van der Waals surface area contributed by atoms with Gasteiger partial charge >= 0.3 is 5.97 Å². The molecule has 1 aromatic heterocycles. The van der Waals surface area contributed by atoms with Crippen molar-refractivity contribution in [2.45, 2.75) is 32.8 Å². The largest absolute Gasteiger partial charge is 0.484 e. The first-order valence-corrected chi connectivity index (χ1v) is 8.53. The molecule has 128 valence electrons. The van der Waals surface area contributed by atoms with Crippen LogP contribution >= 0.6 is 15.9 Å². The number of carboxylic acid groups (broad SMARTS) is 1. The number of hydrogen-bond donors (Lipinski definition) is 1. The zero-order valence-corrected chi connectivity index (χ0v) is 15.2. The Hall–Kier alpha value is -2.08. The minimum absolute atomic E-state index is 0.141. The third kappa shape index (κ3) is 5.23. The number of pyridine rings is 1. The second-order valence-electron chi connectivity index (χ2n) is 5.39. The first kappa shape index (κ1) is 18.3. The molecule has 0 fully saturated rings. The fourth-order valence-electron chi connectivity index (χ4n) is 2.29. The zero-order valence-electron chi connectivity index (χ0n) is 13.7. The van der Waals surface area contributed by atoms with E-state index in [1.54, 1.807) is 12.1 Å². The van der Waals surface area contributed by atoms with E-state index in [1.807, 2.05) is 31.2 Å². The quantitative estimate of drug-likeness (QED) is 0.666. The van der Waals surface area contributed by atoms with Crippen molar-refractivity contribution in [2.24, 2.45) is 0 Å². The lowest BCUT2D eigenvalue weighted by Gasteiger charge is -2.19. The van der Waals surface area contributed by atoms with Crippen LogP contribution in [0.15, 0.2) is 41.0 Å². The minimum Gasteiger partial charge on any atom is -0.484 e. The third-order valence-electron chi connectivity index (χ3n) is 3.39. The van der Waals surface area contributed by atoms with Gasteiger partial charge in [0.05, 0.1) is 5.69 Å². The molecular formula is C18H20BrNO4. The van der Waals surface area contributed by atoms with E-state index in [0.29, 0.717) is 11.5 Å². The van der Waals surface area contributed by atoms with Crippen LogP contribution in [-0.4, -0.2) is 22.7 Å². The molecule has 1 atom stereocenters. The van der Waals surface area contributed by atoms with E-state index in [2.05, 4.69) is 27.8 Å². The van der Waals surface area contributed by atoms with Gasteiger partial charge in [0.15, 0.2) is 6.61 Å². The number of nitrogens with zero attached hydrogens (tertiary/aromatic N) is 1. The molecule has 0 aliphatic carbocycles. The number of rotatable bonds is 8. The lowest BCUT2D eigenvalue weighted by molar-refractivity contribution is -0.139. The van der Waals surface area contributed by atoms with Gasteiger partial charge in [-0.1, -0.05) is 19.4 Å². The molecule has 0 saturated carbocycles. The Morgan fingerprint density at radius 2 is 2.12 bits per heavy atom. The number of aliphatic carboxylic acids is 1. The van der Waals surface area contributed by atoms with Gasteiger partial charge in [0.25, 0.3) is 0 Å². The zero-order chi connectivity index (χ0) is 17.5. The van der Waals surface area contributed by atoms with Crippen LogP contribution in [0.4, 0.5) is 0 Å². The molecule has 0 amide bonds. The molecule has 0 aliphatic rings. The number of halogens is 1. The number of ether oxygens (including phenoxy) is 2. The maximum Gasteiger partial charge on any atom is 0.341 e. The highest BCUT2D eigenvalue weighted by molar-refractivity contribution is 9.10. The van der Waals surface area contributed by atoms with Crippen LogP contribution in [-0.2, 0) is 4.79 Å². The van der Waals surface area contributed by atoms with Gasteiger partial charge < -0.3 is 14.6 Å². The van der Waals surface area contributed by atoms with E-state index >= 15 is 0 Å². The fraction of sp³-hybridized carbons (Fsp3) is 0.333. The van der Waals surface area contributed by atoms with Crippen LogP contribution in [0, 0.1) is 6.92 Å². The number of aryl methyl sites for hydroxylation is 1. The van der Waals surface area contributed by atoms with Crippen LogP contribution in [0.25, 0.3) is 0 Å². The number of benzene rings is 1. The molecule has 1 aromatic carbocycles. The van der Waals surface area contributed by atoms with E-state index in [-0.39, 0.29) is 12.7 Å². The molecule has 0 saturated heterocycles. The van der Waals surface area contributed by atoms with Crippen molar-refractivity contribution in [3.05, 3.63) is 52.3 Å². The lowest BCUT2D eigenvalue weighted by Crippen LogP contribution is -2.11. The standard InChI is InChI=1S/C18H20BrNO4/c1-3-5-16(14-6-4-7-17(19)20-14)24-13-8-9-15(12(2)10-13)23-11-18(21)22/h4,6-10,16H,3,5,11H2,1-2H3,(H,21,22). The predicted molar refractivity (Wildman–Crippen MR) is 94.5 cm³/mol. The summed E-state index contributed by atoms with van der Waals surface area (Å²) in [6.45, 7) is 3.60. The van der Waals surface area contributed by atoms with E-state index in [9.17, 15) is 4.79 Å². The number of aromatic nitrogens is 1. The van der Waals surface area contributed by atoms with Crippen molar-refractivity contribution in [3.8, 4) is 11.5 Å². The Labute approximate surface area is 149 Å². The molecule has 1 heterocycles. The first-order valence-electron chi connectivity index (χ1n) is 7.74. The van der Waals surface area contributed by atoms with Crippen molar-refractivity contribution in [1.82, 2.24) is 4.98 Å². The second-order valence-corrected chi connectivity index (χ2v) is 6.20. The van der Waals surface area contributed by atoms with Gasteiger partial charge in [-0.15, -0.1) is 0 Å². The summed E-state index contributed by atoms with van der Waals surface area (Å²) in [5.74, 6) is 0.242. The van der Waals surface area contributed by atoms with Gasteiger partial charge in [-0.2, -0.15) is 0 Å². The molecule has 1 unspecified atom stereocenters. The Bertz CT molecular complexity index is 705. The molecule has 0 spiro atoms. The Kier molecular flexibility index (Phi) is 6.61. The van der Waals surface area contributed by atoms with Gasteiger partial charge in [0, 0.05) is 0 Å². The molecular weight excluding hydrogens is 374 g/mol. The van der Waals surface area contributed by atoms with E-state index in [1.165, 1.54) is 0 Å². The number of hydrogen-bond acceptors (Lipinski definition) is 4. The summed E-state index contributed by atoms with van der Waals surface area (Å²) in [4.78, 5) is 15.1. The lowest BCUT2D eigenvalue weighted by atomic mass is 10.1. The maximum absolute atomic E-state index is 10.6. The average Bonchev–Trinajstić information content (AvgIpc) is 2.53. The summed E-state index contributed by atoms with van der Waals surface area (Å²) in [6.07, 6.45) is 1.68. The highest BCUT2D eigenvalue weighted by Crippen LogP contribution is 2.29. The van der Waals surface area contributed by atoms with Crippen LogP contribution in [0.3, 0.4) is 0 Å². The predicted octanol–water partition coefficient (Wildman–Crippen LogP) is 4.54. The summed E-state index contributed by atoms with van der Waals surface area (Å²) in [5, 5.41) is 8.69. The normalized spacial score (nSPS) is 11.8. The molecule has 1 N–H and O–H groups in total. The van der Waals surface area contributed by atoms with Gasteiger partial charge in [0.1, 0.15) is 22.2 Å². The molecule has 24 heavy (non-hydrogen) atoms. The molecule has 0 radical (unpaired) electrons. The highest BCUT2D eigenvalue weighted by Gasteiger charge is 2.15. The van der Waals surface area contributed by atoms with Gasteiger partial charge in [-0.3, -0.25) is 0 Å². The molecule has 2 rings (SSSR count). The third-order valence-corrected chi connectivity index (χ3v) is 3.83. The average molecular weight is 394 g/mol. The molecule has 6 heteroatoms. The summed E-state index contributed by atoms with van der Waals surface area (Å²) in [5.41, 5.74) is 1.70. The summed E-state index contributed by atoms with van der Waals surface area (Å²) >= 11 is 3.39. The van der Waals surface area contributed by atoms with Crippen LogP contribution < -0.4 is 9.47 Å². The van der Waals surface area contributed by atoms with Crippen molar-refractivity contribution in [3.63, 3.8) is 0 Å². The summed E-state index contributed by atoms with van der Waals surface area (Å²) < 4.78 is 12.1. The van der Waals surface area contributed by atoms with Gasteiger partial charge in [-0.25, -0.2) is 9.78 Å². The van der Waals surface area contributed by atoms with E-state index < -0.39 is 5.97 Å². The molecule has 5 nitrogen and oxygen atoms in total. The van der Waals surface area contributed by atoms with Crippen LogP contribution in [0.1, 0.15) is 37.1 Å². The van der Waals surface area contributed by atoms with Crippen molar-refractivity contribution in [2.75, 3.05) is 6.61 Å². The van der Waals surface area contributed by atoms with Crippen molar-refractivity contribution >= 4 is 21.9 Å². The van der Waals surface area contributed by atoms with Gasteiger partial charge in [0.2, 0.25) is 0 Å². The van der Waals surface area contributed by atoms with Crippen LogP contribution in [0.5, 0.6) is 11.5 Å². The molecule has 0 bridgehead atoms. The molecule has 0 aliphatic heterocycles. The first-order chi connectivity index (χ1) is 11.5.